The lowest BCUT2D eigenvalue weighted by atomic mass is 10.2. The van der Waals surface area contributed by atoms with Gasteiger partial charge < -0.3 is 4.52 Å². The van der Waals surface area contributed by atoms with Gasteiger partial charge in [0.05, 0.1) is 10.7 Å². The smallest absolute Gasteiger partial charge is 0.185 e. The van der Waals surface area contributed by atoms with Gasteiger partial charge in [-0.15, -0.1) is 0 Å². The highest BCUT2D eigenvalue weighted by Crippen LogP contribution is 2.29. The molecule has 0 unspecified atom stereocenters. The first-order valence-electron chi connectivity index (χ1n) is 3.39. The number of aryl methyl sites for hydroxylation is 1. The molecule has 1 aromatic carbocycles. The van der Waals surface area contributed by atoms with Gasteiger partial charge >= 0.3 is 0 Å². The molecule has 1 aromatic heterocycles. The van der Waals surface area contributed by atoms with Gasteiger partial charge in [-0.3, -0.25) is 0 Å². The maximum absolute atomic E-state index is 5.86. The second-order valence-electron chi connectivity index (χ2n) is 2.53. The first kappa shape index (κ1) is 7.90. The van der Waals surface area contributed by atoms with Crippen LogP contribution in [-0.2, 0) is 0 Å². The molecule has 4 heteroatoms. The van der Waals surface area contributed by atoms with Gasteiger partial charge in [-0.2, -0.15) is 0 Å². The first-order chi connectivity index (χ1) is 5.68. The van der Waals surface area contributed by atoms with Crippen molar-refractivity contribution >= 4 is 34.2 Å². The van der Waals surface area contributed by atoms with Crippen LogP contribution < -0.4 is 0 Å². The molecule has 12 heavy (non-hydrogen) atoms. The molecule has 0 aliphatic carbocycles. The van der Waals surface area contributed by atoms with E-state index in [-0.39, 0.29) is 0 Å². The highest BCUT2D eigenvalue weighted by Gasteiger charge is 2.08. The third-order valence-corrected chi connectivity index (χ3v) is 2.17. The molecular weight excluding hydrogens is 197 g/mol. The molecule has 0 amide bonds. The Morgan fingerprint density at radius 2 is 2.08 bits per heavy atom. The molecule has 0 bridgehead atoms. The van der Waals surface area contributed by atoms with Crippen molar-refractivity contribution in [1.29, 1.82) is 0 Å². The highest BCUT2D eigenvalue weighted by molar-refractivity contribution is 6.38. The first-order valence-corrected chi connectivity index (χ1v) is 4.15. The van der Waals surface area contributed by atoms with E-state index < -0.39 is 0 Å². The number of hydrogen-bond acceptors (Lipinski definition) is 2. The topological polar surface area (TPSA) is 26.0 Å². The Bertz CT molecular complexity index is 436. The molecule has 62 valence electrons. The van der Waals surface area contributed by atoms with Crippen LogP contribution in [0.4, 0.5) is 0 Å². The standard InChI is InChI=1S/C8H5Cl2NO/c1-4-6-2-5(9)3-7(10)8(6)12-11-4/h2-3H,1H3. The van der Waals surface area contributed by atoms with Crippen molar-refractivity contribution in [2.75, 3.05) is 0 Å². The maximum Gasteiger partial charge on any atom is 0.185 e. The van der Waals surface area contributed by atoms with E-state index in [4.69, 9.17) is 27.7 Å². The largest absolute Gasteiger partial charge is 0.354 e. The van der Waals surface area contributed by atoms with Crippen molar-refractivity contribution in [3.05, 3.63) is 27.9 Å². The van der Waals surface area contributed by atoms with Gasteiger partial charge in [-0.1, -0.05) is 28.4 Å². The molecule has 0 spiro atoms. The molecule has 2 aromatic rings. The third kappa shape index (κ3) is 1.08. The summed E-state index contributed by atoms with van der Waals surface area (Å²) < 4.78 is 4.99. The molecule has 0 radical (unpaired) electrons. The summed E-state index contributed by atoms with van der Waals surface area (Å²) >= 11 is 11.7. The van der Waals surface area contributed by atoms with E-state index in [9.17, 15) is 0 Å². The zero-order valence-electron chi connectivity index (χ0n) is 6.27. The summed E-state index contributed by atoms with van der Waals surface area (Å²) in [6, 6.07) is 3.42. The summed E-state index contributed by atoms with van der Waals surface area (Å²) in [5.41, 5.74) is 1.40. The van der Waals surface area contributed by atoms with E-state index >= 15 is 0 Å². The lowest BCUT2D eigenvalue weighted by Crippen LogP contribution is -1.71. The van der Waals surface area contributed by atoms with Crippen LogP contribution in [0.15, 0.2) is 16.7 Å². The summed E-state index contributed by atoms with van der Waals surface area (Å²) in [7, 11) is 0. The Hall–Kier alpha value is -0.730. The lowest BCUT2D eigenvalue weighted by Gasteiger charge is -1.92. The van der Waals surface area contributed by atoms with Crippen molar-refractivity contribution in [1.82, 2.24) is 5.16 Å². The van der Waals surface area contributed by atoms with Gasteiger partial charge in [0.15, 0.2) is 5.58 Å². The van der Waals surface area contributed by atoms with Crippen molar-refractivity contribution < 1.29 is 4.52 Å². The number of benzene rings is 1. The molecule has 2 rings (SSSR count). The molecule has 0 saturated carbocycles. The fourth-order valence-electron chi connectivity index (χ4n) is 1.09. The Balaban J connectivity index is 2.92. The molecule has 0 aliphatic heterocycles. The van der Waals surface area contributed by atoms with Gasteiger partial charge in [0, 0.05) is 10.4 Å². The number of fused-ring (bicyclic) bond motifs is 1. The molecule has 0 aliphatic rings. The monoisotopic (exact) mass is 201 g/mol. The molecule has 0 atom stereocenters. The highest BCUT2D eigenvalue weighted by atomic mass is 35.5. The minimum absolute atomic E-state index is 0.498. The lowest BCUT2D eigenvalue weighted by molar-refractivity contribution is 0.450. The van der Waals surface area contributed by atoms with Crippen LogP contribution in [0, 0.1) is 6.92 Å². The van der Waals surface area contributed by atoms with Crippen LogP contribution in [0.3, 0.4) is 0 Å². The van der Waals surface area contributed by atoms with Gasteiger partial charge in [0.25, 0.3) is 0 Å². The van der Waals surface area contributed by atoms with E-state index in [0.717, 1.165) is 11.1 Å². The van der Waals surface area contributed by atoms with E-state index in [0.29, 0.717) is 15.6 Å². The van der Waals surface area contributed by atoms with Crippen molar-refractivity contribution in [3.63, 3.8) is 0 Å². The minimum atomic E-state index is 0.498. The second kappa shape index (κ2) is 2.64. The number of halogens is 2. The van der Waals surface area contributed by atoms with Crippen molar-refractivity contribution in [2.45, 2.75) is 6.92 Å². The average Bonchev–Trinajstić information content (AvgIpc) is 2.33. The summed E-state index contributed by atoms with van der Waals surface area (Å²) in [5.74, 6) is 0. The Labute approximate surface area is 79.0 Å². The van der Waals surface area contributed by atoms with Crippen molar-refractivity contribution in [3.8, 4) is 0 Å². The Morgan fingerprint density at radius 1 is 1.33 bits per heavy atom. The van der Waals surface area contributed by atoms with E-state index in [2.05, 4.69) is 5.16 Å². The summed E-state index contributed by atoms with van der Waals surface area (Å²) in [5, 5.41) is 5.74. The Morgan fingerprint density at radius 3 is 2.83 bits per heavy atom. The van der Waals surface area contributed by atoms with Crippen LogP contribution in [0.2, 0.25) is 10.0 Å². The fraction of sp³-hybridized carbons (Fsp3) is 0.125. The predicted molar refractivity (Wildman–Crippen MR) is 48.8 cm³/mol. The number of hydrogen-bond donors (Lipinski definition) is 0. The van der Waals surface area contributed by atoms with Crippen LogP contribution in [0.25, 0.3) is 11.0 Å². The molecule has 1 heterocycles. The van der Waals surface area contributed by atoms with Gasteiger partial charge in [-0.05, 0) is 19.1 Å². The van der Waals surface area contributed by atoms with Gasteiger partial charge in [-0.25, -0.2) is 0 Å². The van der Waals surface area contributed by atoms with E-state index in [1.54, 1.807) is 12.1 Å². The molecular formula is C8H5Cl2NO. The van der Waals surface area contributed by atoms with Gasteiger partial charge in [0.2, 0.25) is 0 Å². The maximum atomic E-state index is 5.86. The summed E-state index contributed by atoms with van der Waals surface area (Å²) in [4.78, 5) is 0. The minimum Gasteiger partial charge on any atom is -0.354 e. The zero-order chi connectivity index (χ0) is 8.72. The van der Waals surface area contributed by atoms with Crippen molar-refractivity contribution in [2.24, 2.45) is 0 Å². The molecule has 0 fully saturated rings. The second-order valence-corrected chi connectivity index (χ2v) is 3.38. The van der Waals surface area contributed by atoms with Gasteiger partial charge in [0.1, 0.15) is 0 Å². The zero-order valence-corrected chi connectivity index (χ0v) is 7.78. The summed E-state index contributed by atoms with van der Waals surface area (Å²) in [6.07, 6.45) is 0. The van der Waals surface area contributed by atoms with Crippen LogP contribution >= 0.6 is 23.2 Å². The van der Waals surface area contributed by atoms with Crippen LogP contribution in [0.1, 0.15) is 5.69 Å². The normalized spacial score (nSPS) is 10.9. The Kier molecular flexibility index (Phi) is 1.74. The quantitative estimate of drug-likeness (QED) is 0.653. The molecule has 0 saturated heterocycles. The summed E-state index contributed by atoms with van der Waals surface area (Å²) in [6.45, 7) is 1.85. The fourth-order valence-corrected chi connectivity index (χ4v) is 1.61. The van der Waals surface area contributed by atoms with E-state index in [1.165, 1.54) is 0 Å². The van der Waals surface area contributed by atoms with E-state index in [1.807, 2.05) is 6.92 Å². The molecule has 0 N–H and O–H groups in total. The number of nitrogens with zero attached hydrogens (tertiary/aromatic N) is 1. The number of rotatable bonds is 0. The average molecular weight is 202 g/mol. The predicted octanol–water partition coefficient (Wildman–Crippen LogP) is 3.44. The van der Waals surface area contributed by atoms with Crippen LogP contribution in [0.5, 0.6) is 0 Å². The number of aromatic nitrogens is 1. The van der Waals surface area contributed by atoms with Crippen LogP contribution in [-0.4, -0.2) is 5.16 Å². The molecule has 2 nitrogen and oxygen atoms in total. The SMILES string of the molecule is Cc1noc2c(Cl)cc(Cl)cc12. The third-order valence-electron chi connectivity index (χ3n) is 1.67.